The number of benzene rings is 1. The van der Waals surface area contributed by atoms with E-state index in [2.05, 4.69) is 24.1 Å². The predicted molar refractivity (Wildman–Crippen MR) is 118 cm³/mol. The van der Waals surface area contributed by atoms with E-state index < -0.39 is 11.1 Å². The lowest BCUT2D eigenvalue weighted by atomic mass is 10.0. The van der Waals surface area contributed by atoms with Crippen molar-refractivity contribution >= 4 is 28.3 Å². The number of carbonyl (C=O) groups is 1. The summed E-state index contributed by atoms with van der Waals surface area (Å²) >= 11 is 0. The first-order valence-electron chi connectivity index (χ1n) is 10.7. The summed E-state index contributed by atoms with van der Waals surface area (Å²) in [6.45, 7) is 5.65. The van der Waals surface area contributed by atoms with Crippen molar-refractivity contribution in [3.05, 3.63) is 32.8 Å². The van der Waals surface area contributed by atoms with Gasteiger partial charge in [-0.2, -0.15) is 0 Å². The van der Waals surface area contributed by atoms with Crippen LogP contribution in [0.3, 0.4) is 0 Å². The van der Waals surface area contributed by atoms with Gasteiger partial charge in [0.25, 0.3) is 0 Å². The van der Waals surface area contributed by atoms with Crippen LogP contribution in [-0.2, 0) is 18.9 Å². The molecular formula is C22H32N4O3. The van der Waals surface area contributed by atoms with Gasteiger partial charge in [0.05, 0.1) is 22.4 Å². The number of aryl methyl sites for hydroxylation is 2. The molecular weight excluding hydrogens is 368 g/mol. The van der Waals surface area contributed by atoms with E-state index in [1.165, 1.54) is 34.8 Å². The topological polar surface area (TPSA) is 76.3 Å². The van der Waals surface area contributed by atoms with Gasteiger partial charge in [0.15, 0.2) is 0 Å². The second kappa shape index (κ2) is 8.84. The van der Waals surface area contributed by atoms with E-state index in [0.29, 0.717) is 29.1 Å². The molecule has 1 aromatic heterocycles. The molecule has 1 heterocycles. The summed E-state index contributed by atoms with van der Waals surface area (Å²) in [5.74, 6) is 0.662. The van der Waals surface area contributed by atoms with Crippen molar-refractivity contribution in [3.63, 3.8) is 0 Å². The van der Waals surface area contributed by atoms with Gasteiger partial charge in [-0.05, 0) is 38.3 Å². The molecule has 1 fully saturated rings. The van der Waals surface area contributed by atoms with E-state index in [0.717, 1.165) is 25.2 Å². The Morgan fingerprint density at radius 1 is 1.03 bits per heavy atom. The summed E-state index contributed by atoms with van der Waals surface area (Å²) in [5.41, 5.74) is 1.71. The Labute approximate surface area is 171 Å². The van der Waals surface area contributed by atoms with Crippen LogP contribution in [0.2, 0.25) is 0 Å². The quantitative estimate of drug-likeness (QED) is 0.725. The van der Waals surface area contributed by atoms with Crippen molar-refractivity contribution in [3.8, 4) is 0 Å². The Bertz CT molecular complexity index is 1010. The number of hydrogen-bond donors (Lipinski definition) is 1. The van der Waals surface area contributed by atoms with Gasteiger partial charge in [0.2, 0.25) is 5.91 Å². The lowest BCUT2D eigenvalue weighted by molar-refractivity contribution is -0.116. The molecule has 1 saturated carbocycles. The smallest absolute Gasteiger partial charge is 0.316 e. The second-order valence-corrected chi connectivity index (χ2v) is 8.00. The molecule has 0 spiro atoms. The van der Waals surface area contributed by atoms with E-state index in [1.807, 2.05) is 12.1 Å². The van der Waals surface area contributed by atoms with Crippen molar-refractivity contribution in [2.24, 2.45) is 20.0 Å². The van der Waals surface area contributed by atoms with Gasteiger partial charge in [-0.3, -0.25) is 14.4 Å². The van der Waals surface area contributed by atoms with Gasteiger partial charge < -0.3 is 19.4 Å². The van der Waals surface area contributed by atoms with Crippen LogP contribution < -0.4 is 21.3 Å². The Kier molecular flexibility index (Phi) is 6.45. The molecule has 1 aromatic carbocycles. The highest BCUT2D eigenvalue weighted by molar-refractivity contribution is 5.98. The van der Waals surface area contributed by atoms with E-state index in [9.17, 15) is 14.4 Å². The molecule has 0 aliphatic heterocycles. The van der Waals surface area contributed by atoms with Gasteiger partial charge in [0, 0.05) is 33.6 Å². The molecule has 1 amide bonds. The predicted octanol–water partition coefficient (Wildman–Crippen LogP) is 2.99. The van der Waals surface area contributed by atoms with Crippen LogP contribution in [-0.4, -0.2) is 28.1 Å². The summed E-state index contributed by atoms with van der Waals surface area (Å²) in [6.07, 6.45) is 6.43. The zero-order chi connectivity index (χ0) is 21.1. The fourth-order valence-corrected chi connectivity index (χ4v) is 4.38. The van der Waals surface area contributed by atoms with E-state index in [4.69, 9.17) is 0 Å². The molecule has 2 aromatic rings. The summed E-state index contributed by atoms with van der Waals surface area (Å²) in [5, 5.41) is 3.07. The standard InChI is InChI=1S/C22H32N4O3/c1-5-26(6-2)17-14-19-18(24(3)21(28)22(29)25(19)4)13-16(17)23-20(27)12-11-15-9-7-8-10-15/h13-15H,5-12H2,1-4H3,(H,23,27). The number of aromatic nitrogens is 2. The molecule has 158 valence electrons. The van der Waals surface area contributed by atoms with E-state index in [-0.39, 0.29) is 5.91 Å². The van der Waals surface area contributed by atoms with E-state index >= 15 is 0 Å². The summed E-state index contributed by atoms with van der Waals surface area (Å²) < 4.78 is 2.74. The first kappa shape index (κ1) is 21.1. The third kappa shape index (κ3) is 4.23. The number of carbonyl (C=O) groups excluding carboxylic acids is 1. The minimum Gasteiger partial charge on any atom is -0.370 e. The summed E-state index contributed by atoms with van der Waals surface area (Å²) in [6, 6.07) is 3.72. The first-order chi connectivity index (χ1) is 13.9. The number of rotatable bonds is 7. The minimum absolute atomic E-state index is 0.000485. The number of anilines is 2. The maximum Gasteiger partial charge on any atom is 0.316 e. The fraction of sp³-hybridized carbons (Fsp3) is 0.591. The zero-order valence-electron chi connectivity index (χ0n) is 18.0. The number of nitrogens with zero attached hydrogens (tertiary/aromatic N) is 3. The third-order valence-corrected chi connectivity index (χ3v) is 6.24. The Hall–Kier alpha value is -2.57. The minimum atomic E-state index is -0.575. The van der Waals surface area contributed by atoms with Gasteiger partial charge in [0.1, 0.15) is 0 Å². The lowest BCUT2D eigenvalue weighted by Crippen LogP contribution is -2.39. The molecule has 1 N–H and O–H groups in total. The maximum absolute atomic E-state index is 12.7. The summed E-state index contributed by atoms with van der Waals surface area (Å²) in [7, 11) is 3.20. The molecule has 3 rings (SSSR count). The molecule has 1 aliphatic rings. The molecule has 0 bridgehead atoms. The maximum atomic E-state index is 12.7. The van der Waals surface area contributed by atoms with Crippen molar-refractivity contribution in [1.29, 1.82) is 0 Å². The highest BCUT2D eigenvalue weighted by Gasteiger charge is 2.19. The third-order valence-electron chi connectivity index (χ3n) is 6.24. The molecule has 7 nitrogen and oxygen atoms in total. The molecule has 1 aliphatic carbocycles. The molecule has 0 unspecified atom stereocenters. The normalized spacial score (nSPS) is 14.5. The molecule has 29 heavy (non-hydrogen) atoms. The van der Waals surface area contributed by atoms with Crippen molar-refractivity contribution in [2.45, 2.75) is 52.4 Å². The average molecular weight is 401 g/mol. The second-order valence-electron chi connectivity index (χ2n) is 8.00. The lowest BCUT2D eigenvalue weighted by Gasteiger charge is -2.25. The Balaban J connectivity index is 2.01. The van der Waals surface area contributed by atoms with Gasteiger partial charge in [-0.15, -0.1) is 0 Å². The summed E-state index contributed by atoms with van der Waals surface area (Å²) in [4.78, 5) is 39.3. The molecule has 7 heteroatoms. The monoisotopic (exact) mass is 400 g/mol. The molecule has 0 atom stereocenters. The Morgan fingerprint density at radius 2 is 1.59 bits per heavy atom. The molecule has 0 saturated heterocycles. The zero-order valence-corrected chi connectivity index (χ0v) is 18.0. The highest BCUT2D eigenvalue weighted by Crippen LogP contribution is 2.32. The first-order valence-corrected chi connectivity index (χ1v) is 10.7. The molecule has 0 radical (unpaired) electrons. The van der Waals surface area contributed by atoms with Crippen LogP contribution in [0.1, 0.15) is 52.4 Å². The average Bonchev–Trinajstić information content (AvgIpc) is 3.24. The van der Waals surface area contributed by atoms with Gasteiger partial charge in [-0.25, -0.2) is 0 Å². The number of fused-ring (bicyclic) bond motifs is 1. The van der Waals surface area contributed by atoms with Crippen LogP contribution in [0.15, 0.2) is 21.7 Å². The SMILES string of the molecule is CCN(CC)c1cc2c(cc1NC(=O)CCC1CCCC1)n(C)c(=O)c(=O)n2C. The Morgan fingerprint density at radius 3 is 2.14 bits per heavy atom. The van der Waals surface area contributed by atoms with Crippen molar-refractivity contribution in [2.75, 3.05) is 23.3 Å². The van der Waals surface area contributed by atoms with Gasteiger partial charge in [-0.1, -0.05) is 25.7 Å². The largest absolute Gasteiger partial charge is 0.370 e. The number of nitrogens with one attached hydrogen (secondary N) is 1. The van der Waals surface area contributed by atoms with Crippen LogP contribution >= 0.6 is 0 Å². The van der Waals surface area contributed by atoms with Crippen LogP contribution in [0, 0.1) is 5.92 Å². The van der Waals surface area contributed by atoms with Crippen LogP contribution in [0.5, 0.6) is 0 Å². The van der Waals surface area contributed by atoms with Crippen molar-refractivity contribution in [1.82, 2.24) is 9.13 Å². The fourth-order valence-electron chi connectivity index (χ4n) is 4.38. The number of hydrogen-bond acceptors (Lipinski definition) is 4. The highest BCUT2D eigenvalue weighted by atomic mass is 16.2. The van der Waals surface area contributed by atoms with Crippen LogP contribution in [0.25, 0.3) is 11.0 Å². The van der Waals surface area contributed by atoms with Crippen molar-refractivity contribution < 1.29 is 4.79 Å². The van der Waals surface area contributed by atoms with Gasteiger partial charge >= 0.3 is 11.1 Å². The van der Waals surface area contributed by atoms with E-state index in [1.54, 1.807) is 14.1 Å². The number of amides is 1. The van der Waals surface area contributed by atoms with Crippen LogP contribution in [0.4, 0.5) is 11.4 Å².